The normalized spacial score (nSPS) is 14.0. The van der Waals surface area contributed by atoms with Gasteiger partial charge in [0, 0.05) is 6.42 Å². The number of nitrogens with two attached hydrogens (primary N) is 1. The van der Waals surface area contributed by atoms with Gasteiger partial charge in [0.25, 0.3) is 0 Å². The standard InChI is InChI=1S/C24H36N4O7S2/c1-36-12-10-18(23(33)28-19(24(34)35)11-13-37-2)27-22(32)17(8-9-20(29)30)26-21(31)16(25)14-15-6-4-3-5-7-15/h3-7,16-19H,8-14,25H2,1-2H3,(H,26,31)(H,27,32)(H,28,33)(H,29,30)(H,34,35). The van der Waals surface area contributed by atoms with Gasteiger partial charge in [-0.05, 0) is 55.3 Å². The molecule has 0 aromatic heterocycles. The Labute approximate surface area is 225 Å². The molecule has 37 heavy (non-hydrogen) atoms. The highest BCUT2D eigenvalue weighted by Crippen LogP contribution is 2.08. The lowest BCUT2D eigenvalue weighted by molar-refractivity contribution is -0.142. The van der Waals surface area contributed by atoms with Crippen LogP contribution in [0.2, 0.25) is 0 Å². The van der Waals surface area contributed by atoms with Crippen molar-refractivity contribution in [3.63, 3.8) is 0 Å². The molecule has 0 fully saturated rings. The number of amides is 3. The Balaban J connectivity index is 2.95. The van der Waals surface area contributed by atoms with Crippen molar-refractivity contribution in [2.75, 3.05) is 24.0 Å². The minimum absolute atomic E-state index is 0.209. The van der Waals surface area contributed by atoms with Crippen LogP contribution >= 0.6 is 23.5 Å². The van der Waals surface area contributed by atoms with E-state index in [9.17, 15) is 29.1 Å². The number of nitrogens with one attached hydrogen (secondary N) is 3. The third kappa shape index (κ3) is 12.8. The van der Waals surface area contributed by atoms with Crippen LogP contribution in [0.1, 0.15) is 31.2 Å². The van der Waals surface area contributed by atoms with Crippen molar-refractivity contribution in [3.05, 3.63) is 35.9 Å². The van der Waals surface area contributed by atoms with Gasteiger partial charge in [0.05, 0.1) is 6.04 Å². The van der Waals surface area contributed by atoms with Gasteiger partial charge >= 0.3 is 11.9 Å². The fourth-order valence-corrected chi connectivity index (χ4v) is 4.26. The quantitative estimate of drug-likeness (QED) is 0.148. The number of carbonyl (C=O) groups is 5. The number of hydrogen-bond donors (Lipinski definition) is 6. The van der Waals surface area contributed by atoms with Gasteiger partial charge in [0.2, 0.25) is 17.7 Å². The predicted molar refractivity (Wildman–Crippen MR) is 144 cm³/mol. The lowest BCUT2D eigenvalue weighted by Gasteiger charge is -2.25. The average Bonchev–Trinajstić information content (AvgIpc) is 2.86. The van der Waals surface area contributed by atoms with Gasteiger partial charge in [0.15, 0.2) is 0 Å². The van der Waals surface area contributed by atoms with Gasteiger partial charge < -0.3 is 31.9 Å². The monoisotopic (exact) mass is 556 g/mol. The summed E-state index contributed by atoms with van der Waals surface area (Å²) in [4.78, 5) is 61.3. The van der Waals surface area contributed by atoms with Crippen LogP contribution in [0, 0.1) is 0 Å². The second kappa shape index (κ2) is 17.6. The maximum absolute atomic E-state index is 13.1. The Morgan fingerprint density at radius 3 is 1.78 bits per heavy atom. The Kier molecular flexibility index (Phi) is 15.4. The largest absolute Gasteiger partial charge is 0.481 e. The van der Waals surface area contributed by atoms with E-state index in [1.807, 2.05) is 18.6 Å². The molecule has 4 unspecified atom stereocenters. The molecular formula is C24H36N4O7S2. The summed E-state index contributed by atoms with van der Waals surface area (Å²) in [6, 6.07) is 4.63. The molecule has 13 heteroatoms. The summed E-state index contributed by atoms with van der Waals surface area (Å²) >= 11 is 2.88. The minimum Gasteiger partial charge on any atom is -0.481 e. The van der Waals surface area contributed by atoms with E-state index < -0.39 is 60.2 Å². The van der Waals surface area contributed by atoms with Crippen molar-refractivity contribution >= 4 is 53.2 Å². The molecule has 0 spiro atoms. The van der Waals surface area contributed by atoms with Crippen molar-refractivity contribution in [2.45, 2.75) is 56.3 Å². The number of rotatable bonds is 18. The third-order valence-electron chi connectivity index (χ3n) is 5.38. The first kappa shape index (κ1) is 32.3. The number of thioether (sulfide) groups is 2. The van der Waals surface area contributed by atoms with E-state index in [4.69, 9.17) is 10.8 Å². The van der Waals surface area contributed by atoms with E-state index in [1.165, 1.54) is 23.5 Å². The third-order valence-corrected chi connectivity index (χ3v) is 6.67. The van der Waals surface area contributed by atoms with Crippen LogP contribution in [0.25, 0.3) is 0 Å². The molecule has 0 saturated heterocycles. The molecule has 11 nitrogen and oxygen atoms in total. The SMILES string of the molecule is CSCCC(NC(=O)C(CCSC)NC(=O)C(CCC(=O)O)NC(=O)C(N)Cc1ccccc1)C(=O)O. The molecule has 206 valence electrons. The zero-order valence-electron chi connectivity index (χ0n) is 21.0. The maximum atomic E-state index is 13.1. The van der Waals surface area contributed by atoms with Crippen molar-refractivity contribution in [2.24, 2.45) is 5.73 Å². The number of carbonyl (C=O) groups excluding carboxylic acids is 3. The topological polar surface area (TPSA) is 188 Å². The van der Waals surface area contributed by atoms with Crippen molar-refractivity contribution in [3.8, 4) is 0 Å². The first-order valence-electron chi connectivity index (χ1n) is 11.7. The summed E-state index contributed by atoms with van der Waals surface area (Å²) in [5.74, 6) is -3.38. The molecule has 0 aliphatic heterocycles. The fraction of sp³-hybridized carbons (Fsp3) is 0.542. The summed E-state index contributed by atoms with van der Waals surface area (Å²) < 4.78 is 0. The van der Waals surface area contributed by atoms with Crippen LogP contribution in [-0.2, 0) is 30.4 Å². The first-order chi connectivity index (χ1) is 17.6. The second-order valence-electron chi connectivity index (χ2n) is 8.31. The second-order valence-corrected chi connectivity index (χ2v) is 10.3. The molecule has 7 N–H and O–H groups in total. The van der Waals surface area contributed by atoms with Gasteiger partial charge in [-0.2, -0.15) is 23.5 Å². The molecule has 0 bridgehead atoms. The van der Waals surface area contributed by atoms with Crippen LogP contribution in [0.4, 0.5) is 0 Å². The van der Waals surface area contributed by atoms with Gasteiger partial charge in [-0.15, -0.1) is 0 Å². The average molecular weight is 557 g/mol. The number of aliphatic carboxylic acids is 2. The van der Waals surface area contributed by atoms with Crippen LogP contribution in [0.15, 0.2) is 30.3 Å². The Morgan fingerprint density at radius 1 is 0.784 bits per heavy atom. The number of carboxylic acid groups (broad SMARTS) is 2. The number of carboxylic acids is 2. The van der Waals surface area contributed by atoms with Crippen molar-refractivity contribution in [1.82, 2.24) is 16.0 Å². The molecular weight excluding hydrogens is 520 g/mol. The van der Waals surface area contributed by atoms with E-state index in [-0.39, 0.29) is 25.7 Å². The van der Waals surface area contributed by atoms with Crippen LogP contribution in [0.5, 0.6) is 0 Å². The summed E-state index contributed by atoms with van der Waals surface area (Å²) in [5.41, 5.74) is 6.83. The highest BCUT2D eigenvalue weighted by Gasteiger charge is 2.30. The van der Waals surface area contributed by atoms with Gasteiger partial charge in [0.1, 0.15) is 18.1 Å². The summed E-state index contributed by atoms with van der Waals surface area (Å²) in [6.45, 7) is 0. The Morgan fingerprint density at radius 2 is 1.27 bits per heavy atom. The highest BCUT2D eigenvalue weighted by atomic mass is 32.2. The van der Waals surface area contributed by atoms with E-state index in [1.54, 1.807) is 24.3 Å². The van der Waals surface area contributed by atoms with Crippen LogP contribution in [0.3, 0.4) is 0 Å². The highest BCUT2D eigenvalue weighted by molar-refractivity contribution is 7.98. The fourth-order valence-electron chi connectivity index (χ4n) is 3.32. The van der Waals surface area contributed by atoms with Gasteiger partial charge in [-0.1, -0.05) is 30.3 Å². The lowest BCUT2D eigenvalue weighted by Crippen LogP contribution is -2.57. The van der Waals surface area contributed by atoms with Crippen molar-refractivity contribution < 1.29 is 34.2 Å². The molecule has 0 aliphatic rings. The molecule has 0 saturated carbocycles. The predicted octanol–water partition coefficient (Wildman–Crippen LogP) is 0.466. The molecule has 0 radical (unpaired) electrons. The molecule has 0 heterocycles. The molecule has 1 rings (SSSR count). The summed E-state index contributed by atoms with van der Waals surface area (Å²) in [7, 11) is 0. The summed E-state index contributed by atoms with van der Waals surface area (Å²) in [6.07, 6.45) is 3.66. The van der Waals surface area contributed by atoms with Crippen LogP contribution in [-0.4, -0.2) is 88.1 Å². The number of benzene rings is 1. The lowest BCUT2D eigenvalue weighted by atomic mass is 10.0. The van der Waals surface area contributed by atoms with Gasteiger partial charge in [-0.3, -0.25) is 19.2 Å². The molecule has 3 amide bonds. The maximum Gasteiger partial charge on any atom is 0.326 e. The van der Waals surface area contributed by atoms with E-state index in [0.29, 0.717) is 11.5 Å². The van der Waals surface area contributed by atoms with E-state index in [2.05, 4.69) is 16.0 Å². The first-order valence-corrected chi connectivity index (χ1v) is 14.5. The van der Waals surface area contributed by atoms with Gasteiger partial charge in [-0.25, -0.2) is 4.79 Å². The molecule has 4 atom stereocenters. The molecule has 0 aliphatic carbocycles. The Hall–Kier alpha value is -2.77. The number of hydrogen-bond acceptors (Lipinski definition) is 8. The van der Waals surface area contributed by atoms with Crippen molar-refractivity contribution in [1.29, 1.82) is 0 Å². The minimum atomic E-state index is -1.25. The van der Waals surface area contributed by atoms with E-state index >= 15 is 0 Å². The smallest absolute Gasteiger partial charge is 0.326 e. The Bertz CT molecular complexity index is 904. The zero-order chi connectivity index (χ0) is 27.8. The van der Waals surface area contributed by atoms with E-state index in [0.717, 1.165) is 5.56 Å². The van der Waals surface area contributed by atoms with Crippen LogP contribution < -0.4 is 21.7 Å². The summed E-state index contributed by atoms with van der Waals surface area (Å²) in [5, 5.41) is 26.1. The molecule has 1 aromatic carbocycles. The molecule has 1 aromatic rings. The zero-order valence-corrected chi connectivity index (χ0v) is 22.6.